The number of carbonyl (C=O) groups is 1. The third-order valence-corrected chi connectivity index (χ3v) is 4.15. The van der Waals surface area contributed by atoms with Crippen molar-refractivity contribution in [1.82, 2.24) is 14.9 Å². The second kappa shape index (κ2) is 4.88. The highest BCUT2D eigenvalue weighted by atomic mass is 19.1. The van der Waals surface area contributed by atoms with E-state index in [1.165, 1.54) is 7.11 Å². The van der Waals surface area contributed by atoms with Crippen molar-refractivity contribution in [1.29, 1.82) is 0 Å². The third kappa shape index (κ3) is 2.07. The number of likely N-dealkylation sites (tertiary alicyclic amines) is 1. The number of aromatic nitrogens is 2. The summed E-state index contributed by atoms with van der Waals surface area (Å²) in [5.74, 6) is 0.287. The van der Waals surface area contributed by atoms with Gasteiger partial charge in [-0.2, -0.15) is 9.37 Å². The van der Waals surface area contributed by atoms with Crippen LogP contribution < -0.4 is 9.64 Å². The number of rotatable bonds is 2. The van der Waals surface area contributed by atoms with Crippen LogP contribution in [0.2, 0.25) is 0 Å². The molecular weight excluding hydrogens is 263 g/mol. The fraction of sp³-hybridized carbons (Fsp3) is 0.615. The molecule has 0 spiro atoms. The maximum absolute atomic E-state index is 13.3. The number of carbonyl (C=O) groups excluding carboxylic acids is 1. The van der Waals surface area contributed by atoms with E-state index in [4.69, 9.17) is 4.74 Å². The molecule has 108 valence electrons. The maximum atomic E-state index is 13.3. The Morgan fingerprint density at radius 3 is 3.00 bits per heavy atom. The number of hydrogen-bond donors (Lipinski definition) is 0. The van der Waals surface area contributed by atoms with E-state index in [1.54, 1.807) is 4.90 Å². The van der Waals surface area contributed by atoms with Crippen LogP contribution in [0.25, 0.3) is 0 Å². The largest absolute Gasteiger partial charge is 0.479 e. The van der Waals surface area contributed by atoms with E-state index in [1.807, 2.05) is 11.9 Å². The number of piperidine rings is 1. The van der Waals surface area contributed by atoms with Gasteiger partial charge in [0.2, 0.25) is 17.7 Å². The van der Waals surface area contributed by atoms with Gasteiger partial charge < -0.3 is 14.5 Å². The number of amides is 1. The van der Waals surface area contributed by atoms with Crippen molar-refractivity contribution in [3.05, 3.63) is 12.0 Å². The number of anilines is 1. The summed E-state index contributed by atoms with van der Waals surface area (Å²) >= 11 is 0. The zero-order valence-electron chi connectivity index (χ0n) is 11.5. The van der Waals surface area contributed by atoms with Gasteiger partial charge >= 0.3 is 0 Å². The molecule has 0 aliphatic carbocycles. The van der Waals surface area contributed by atoms with Crippen LogP contribution in [0.1, 0.15) is 6.42 Å². The standard InChI is InChI=1S/C13H17FN4O2/c1-17-4-3-8-6-18(7-9(8)12(17)19)13-15-5-10(14)11(16-13)20-2/h5,8-9H,3-4,6-7H2,1-2H3/t8-,9+/m1/s1. The topological polar surface area (TPSA) is 58.6 Å². The normalized spacial score (nSPS) is 25.9. The summed E-state index contributed by atoms with van der Waals surface area (Å²) in [5.41, 5.74) is 0. The quantitative estimate of drug-likeness (QED) is 0.791. The summed E-state index contributed by atoms with van der Waals surface area (Å²) in [6, 6.07) is 0. The number of halogens is 1. The molecule has 0 bridgehead atoms. The number of methoxy groups -OCH3 is 1. The molecule has 2 saturated heterocycles. The molecular formula is C13H17FN4O2. The first-order chi connectivity index (χ1) is 9.60. The molecule has 3 rings (SSSR count). The molecule has 0 radical (unpaired) electrons. The van der Waals surface area contributed by atoms with Gasteiger partial charge in [-0.3, -0.25) is 4.79 Å². The Hall–Kier alpha value is -1.92. The van der Waals surface area contributed by atoms with Gasteiger partial charge in [0.1, 0.15) is 0 Å². The van der Waals surface area contributed by atoms with Crippen LogP contribution in [0.15, 0.2) is 6.20 Å². The molecule has 2 atom stereocenters. The summed E-state index contributed by atoms with van der Waals surface area (Å²) in [7, 11) is 3.20. The molecule has 2 fully saturated rings. The van der Waals surface area contributed by atoms with Crippen molar-refractivity contribution in [3.8, 4) is 5.88 Å². The van der Waals surface area contributed by atoms with Gasteiger partial charge in [0.25, 0.3) is 5.88 Å². The predicted octanol–water partition coefficient (Wildman–Crippen LogP) is 0.539. The van der Waals surface area contributed by atoms with Crippen LogP contribution in [-0.4, -0.2) is 54.6 Å². The van der Waals surface area contributed by atoms with Gasteiger partial charge in [0.15, 0.2) is 0 Å². The Morgan fingerprint density at radius 1 is 1.45 bits per heavy atom. The van der Waals surface area contributed by atoms with Crippen LogP contribution in [0.4, 0.5) is 10.3 Å². The highest BCUT2D eigenvalue weighted by Crippen LogP contribution is 2.33. The van der Waals surface area contributed by atoms with Gasteiger partial charge in [-0.25, -0.2) is 4.98 Å². The lowest BCUT2D eigenvalue weighted by atomic mass is 9.88. The Balaban J connectivity index is 1.81. The fourth-order valence-electron chi connectivity index (χ4n) is 3.00. The minimum atomic E-state index is -0.580. The Labute approximate surface area is 116 Å². The average Bonchev–Trinajstić information content (AvgIpc) is 2.88. The highest BCUT2D eigenvalue weighted by Gasteiger charge is 2.42. The van der Waals surface area contributed by atoms with E-state index in [0.29, 0.717) is 18.4 Å². The molecule has 7 heteroatoms. The molecule has 1 aromatic rings. The van der Waals surface area contributed by atoms with E-state index >= 15 is 0 Å². The van der Waals surface area contributed by atoms with Crippen molar-refractivity contribution < 1.29 is 13.9 Å². The summed E-state index contributed by atoms with van der Waals surface area (Å²) < 4.78 is 18.2. The Bertz CT molecular complexity index is 539. The van der Waals surface area contributed by atoms with Gasteiger partial charge in [0, 0.05) is 26.7 Å². The van der Waals surface area contributed by atoms with Crippen LogP contribution in [0, 0.1) is 17.7 Å². The monoisotopic (exact) mass is 280 g/mol. The van der Waals surface area contributed by atoms with Gasteiger partial charge in [-0.05, 0) is 12.3 Å². The van der Waals surface area contributed by atoms with E-state index in [-0.39, 0.29) is 17.7 Å². The SMILES string of the molecule is COc1nc(N2C[C@H]3CCN(C)C(=O)[C@H]3C2)ncc1F. The molecule has 1 amide bonds. The lowest BCUT2D eigenvalue weighted by Crippen LogP contribution is -2.42. The van der Waals surface area contributed by atoms with Crippen molar-refractivity contribution in [2.24, 2.45) is 11.8 Å². The van der Waals surface area contributed by atoms with Crippen molar-refractivity contribution >= 4 is 11.9 Å². The van der Waals surface area contributed by atoms with E-state index in [0.717, 1.165) is 25.7 Å². The van der Waals surface area contributed by atoms with Crippen molar-refractivity contribution in [2.45, 2.75) is 6.42 Å². The maximum Gasteiger partial charge on any atom is 0.255 e. The molecule has 0 N–H and O–H groups in total. The van der Waals surface area contributed by atoms with E-state index in [2.05, 4.69) is 9.97 Å². The zero-order chi connectivity index (χ0) is 14.3. The van der Waals surface area contributed by atoms with Crippen molar-refractivity contribution in [3.63, 3.8) is 0 Å². The average molecular weight is 280 g/mol. The molecule has 0 aromatic carbocycles. The molecule has 6 nitrogen and oxygen atoms in total. The van der Waals surface area contributed by atoms with Gasteiger partial charge in [-0.1, -0.05) is 0 Å². The summed E-state index contributed by atoms with van der Waals surface area (Å²) in [5, 5.41) is 0. The summed E-state index contributed by atoms with van der Waals surface area (Å²) in [6.07, 6.45) is 2.10. The second-order valence-electron chi connectivity index (χ2n) is 5.35. The molecule has 2 aliphatic rings. The van der Waals surface area contributed by atoms with Gasteiger partial charge in [-0.15, -0.1) is 0 Å². The fourth-order valence-corrected chi connectivity index (χ4v) is 3.00. The van der Waals surface area contributed by atoms with Crippen molar-refractivity contribution in [2.75, 3.05) is 38.7 Å². The van der Waals surface area contributed by atoms with Gasteiger partial charge in [0.05, 0.1) is 19.2 Å². The highest BCUT2D eigenvalue weighted by molar-refractivity contribution is 5.81. The zero-order valence-corrected chi connectivity index (χ0v) is 11.5. The molecule has 2 aliphatic heterocycles. The molecule has 20 heavy (non-hydrogen) atoms. The number of nitrogens with zero attached hydrogens (tertiary/aromatic N) is 4. The number of hydrogen-bond acceptors (Lipinski definition) is 5. The summed E-state index contributed by atoms with van der Waals surface area (Å²) in [4.78, 5) is 23.9. The first-order valence-corrected chi connectivity index (χ1v) is 6.66. The second-order valence-corrected chi connectivity index (χ2v) is 5.35. The molecule has 1 aromatic heterocycles. The Kier molecular flexibility index (Phi) is 3.19. The smallest absolute Gasteiger partial charge is 0.255 e. The Morgan fingerprint density at radius 2 is 2.25 bits per heavy atom. The van der Waals surface area contributed by atoms with Crippen LogP contribution in [-0.2, 0) is 4.79 Å². The lowest BCUT2D eigenvalue weighted by molar-refractivity contribution is -0.137. The minimum absolute atomic E-state index is 0.00611. The molecule has 0 unspecified atom stereocenters. The molecule has 3 heterocycles. The minimum Gasteiger partial charge on any atom is -0.479 e. The van der Waals surface area contributed by atoms with E-state index in [9.17, 15) is 9.18 Å². The number of ether oxygens (including phenoxy) is 1. The lowest BCUT2D eigenvalue weighted by Gasteiger charge is -2.30. The third-order valence-electron chi connectivity index (χ3n) is 4.15. The first kappa shape index (κ1) is 13.1. The van der Waals surface area contributed by atoms with Crippen LogP contribution in [0.3, 0.4) is 0 Å². The van der Waals surface area contributed by atoms with E-state index < -0.39 is 5.82 Å². The van der Waals surface area contributed by atoms with Crippen LogP contribution >= 0.6 is 0 Å². The molecule has 0 saturated carbocycles. The van der Waals surface area contributed by atoms with Crippen LogP contribution in [0.5, 0.6) is 5.88 Å². The number of fused-ring (bicyclic) bond motifs is 1. The predicted molar refractivity (Wildman–Crippen MR) is 70.0 cm³/mol. The first-order valence-electron chi connectivity index (χ1n) is 6.66. The summed E-state index contributed by atoms with van der Waals surface area (Å²) in [6.45, 7) is 2.11.